The Labute approximate surface area is 279 Å². The van der Waals surface area contributed by atoms with Crippen molar-refractivity contribution in [1.29, 1.82) is 0 Å². The van der Waals surface area contributed by atoms with Gasteiger partial charge in [-0.25, -0.2) is 9.78 Å². The monoisotopic (exact) mass is 678 g/mol. The van der Waals surface area contributed by atoms with E-state index in [9.17, 15) is 32.3 Å². The maximum absolute atomic E-state index is 14.8. The number of nitrogens with one attached hydrogen (secondary N) is 2. The summed E-state index contributed by atoms with van der Waals surface area (Å²) >= 11 is 0. The lowest BCUT2D eigenvalue weighted by Gasteiger charge is -2.39. The van der Waals surface area contributed by atoms with Gasteiger partial charge in [-0.2, -0.15) is 13.2 Å². The third-order valence-electron chi connectivity index (χ3n) is 10.1. The lowest BCUT2D eigenvalue weighted by atomic mass is 9.85. The molecule has 1 aliphatic heterocycles. The molecule has 2 heterocycles. The largest absolute Gasteiger partial charge is 0.497 e. The number of Topliss-reactive ketones (excluding diaryl/α,β-unsaturated/α-hetero) is 1. The van der Waals surface area contributed by atoms with E-state index in [-0.39, 0.29) is 42.9 Å². The molecule has 2 aromatic rings. The number of amides is 2. The van der Waals surface area contributed by atoms with Crippen LogP contribution in [0.1, 0.15) is 98.1 Å². The number of aromatic amines is 1. The van der Waals surface area contributed by atoms with Crippen LogP contribution in [0.4, 0.5) is 18.0 Å². The molecule has 13 heteroatoms. The van der Waals surface area contributed by atoms with E-state index in [2.05, 4.69) is 15.3 Å². The summed E-state index contributed by atoms with van der Waals surface area (Å²) in [4.78, 5) is 60.8. The van der Waals surface area contributed by atoms with Crippen molar-refractivity contribution in [2.75, 3.05) is 13.7 Å². The van der Waals surface area contributed by atoms with Crippen LogP contribution >= 0.6 is 0 Å². The van der Waals surface area contributed by atoms with Gasteiger partial charge >= 0.3 is 12.3 Å². The Morgan fingerprint density at radius 1 is 1.15 bits per heavy atom. The van der Waals surface area contributed by atoms with Crippen molar-refractivity contribution < 1.29 is 37.0 Å². The molecule has 266 valence electrons. The predicted molar refractivity (Wildman–Crippen MR) is 175 cm³/mol. The zero-order valence-electron chi connectivity index (χ0n) is 28.8. The van der Waals surface area contributed by atoms with Crippen LogP contribution in [0, 0.1) is 17.3 Å². The second-order valence-corrected chi connectivity index (χ2v) is 14.3. The van der Waals surface area contributed by atoms with Crippen molar-refractivity contribution in [3.63, 3.8) is 0 Å². The fourth-order valence-electron chi connectivity index (χ4n) is 7.46. The number of likely N-dealkylation sites (tertiary alicyclic amines) is 1. The number of hydrogen-bond donors (Lipinski definition) is 2. The summed E-state index contributed by atoms with van der Waals surface area (Å²) in [5, 5.41) is 2.48. The Balaban J connectivity index is 1.40. The summed E-state index contributed by atoms with van der Waals surface area (Å²) in [5.41, 5.74) is -2.34. The van der Waals surface area contributed by atoms with E-state index < -0.39 is 47.2 Å². The number of H-pyrrole nitrogens is 1. The maximum atomic E-state index is 14.8. The molecule has 4 rings (SSSR count). The minimum absolute atomic E-state index is 0.0130. The second kappa shape index (κ2) is 14.9. The fourth-order valence-corrected chi connectivity index (χ4v) is 7.46. The lowest BCUT2D eigenvalue weighted by molar-refractivity contribution is -0.271. The number of ketones is 1. The highest BCUT2D eigenvalue weighted by Crippen LogP contribution is 2.51. The molecule has 0 radical (unpaired) electrons. The first-order valence-electron chi connectivity index (χ1n) is 17.0. The highest BCUT2D eigenvalue weighted by Gasteiger charge is 2.64. The topological polar surface area (TPSA) is 131 Å². The predicted octanol–water partition coefficient (Wildman–Crippen LogP) is 6.49. The molecule has 0 bridgehead atoms. The van der Waals surface area contributed by atoms with Gasteiger partial charge in [-0.05, 0) is 75.3 Å². The third kappa shape index (κ3) is 7.97. The molecule has 2 N–H and O–H groups in total. The van der Waals surface area contributed by atoms with E-state index in [0.29, 0.717) is 67.5 Å². The molecule has 2 fully saturated rings. The first-order chi connectivity index (χ1) is 22.5. The number of aromatic nitrogens is 2. The summed E-state index contributed by atoms with van der Waals surface area (Å²) < 4.78 is 54.8. The number of unbranched alkanes of at least 4 members (excludes halogenated alkanes) is 2. The van der Waals surface area contributed by atoms with Crippen molar-refractivity contribution >= 4 is 28.8 Å². The number of benzene rings is 1. The van der Waals surface area contributed by atoms with Gasteiger partial charge in [-0.3, -0.25) is 14.4 Å². The summed E-state index contributed by atoms with van der Waals surface area (Å²) in [6, 6.07) is 3.35. The Bertz CT molecular complexity index is 1540. The van der Waals surface area contributed by atoms with Gasteiger partial charge in [0.2, 0.25) is 11.5 Å². The van der Waals surface area contributed by atoms with Crippen LogP contribution in [0.3, 0.4) is 0 Å². The number of alkyl carbamates (subject to hydrolysis) is 1. The van der Waals surface area contributed by atoms with Gasteiger partial charge in [0, 0.05) is 18.5 Å². The molecular formula is C35H49F3N4O6. The number of aryl methyl sites for hydroxylation is 1. The minimum Gasteiger partial charge on any atom is -0.497 e. The van der Waals surface area contributed by atoms with Crippen molar-refractivity contribution in [3.05, 3.63) is 34.2 Å². The highest BCUT2D eigenvalue weighted by molar-refractivity contribution is 5.92. The van der Waals surface area contributed by atoms with Crippen molar-refractivity contribution in [2.45, 2.75) is 123 Å². The first kappa shape index (κ1) is 37.2. The number of hydrogen-bond acceptors (Lipinski definition) is 7. The molecule has 1 aromatic carbocycles. The van der Waals surface area contributed by atoms with Gasteiger partial charge in [0.25, 0.3) is 5.56 Å². The van der Waals surface area contributed by atoms with Gasteiger partial charge in [0.05, 0.1) is 24.2 Å². The van der Waals surface area contributed by atoms with Crippen LogP contribution in [0.2, 0.25) is 0 Å². The highest BCUT2D eigenvalue weighted by atomic mass is 19.4. The van der Waals surface area contributed by atoms with Crippen LogP contribution in [-0.2, 0) is 20.7 Å². The van der Waals surface area contributed by atoms with Crippen molar-refractivity contribution in [1.82, 2.24) is 20.2 Å². The van der Waals surface area contributed by atoms with Crippen LogP contribution in [0.25, 0.3) is 11.0 Å². The number of rotatable bonds is 12. The summed E-state index contributed by atoms with van der Waals surface area (Å²) in [7, 11) is 1.53. The quantitative estimate of drug-likeness (QED) is 0.245. The Kier molecular flexibility index (Phi) is 11.5. The van der Waals surface area contributed by atoms with E-state index in [4.69, 9.17) is 9.47 Å². The summed E-state index contributed by atoms with van der Waals surface area (Å²) in [5.74, 6) is -1.03. The molecule has 0 spiro atoms. The lowest BCUT2D eigenvalue weighted by Crippen LogP contribution is -2.59. The molecular weight excluding hydrogens is 629 g/mol. The average molecular weight is 679 g/mol. The van der Waals surface area contributed by atoms with Crippen LogP contribution in [0.15, 0.2) is 23.0 Å². The van der Waals surface area contributed by atoms with Gasteiger partial charge in [0.1, 0.15) is 17.5 Å². The first-order valence-corrected chi connectivity index (χ1v) is 17.0. The molecule has 2 amide bonds. The molecule has 10 nitrogen and oxygen atoms in total. The molecule has 1 saturated carbocycles. The number of ether oxygens (including phenoxy) is 2. The molecule has 5 unspecified atom stereocenters. The maximum Gasteiger partial charge on any atom is 0.428 e. The molecule has 1 aliphatic carbocycles. The molecule has 2 aliphatic rings. The van der Waals surface area contributed by atoms with Gasteiger partial charge in [-0.1, -0.05) is 47.0 Å². The fraction of sp³-hybridized carbons (Fsp3) is 0.686. The van der Waals surface area contributed by atoms with E-state index in [1.807, 2.05) is 6.92 Å². The van der Waals surface area contributed by atoms with Crippen LogP contribution in [0.5, 0.6) is 5.75 Å². The number of nitrogens with zero attached hydrogens (tertiary/aromatic N) is 2. The summed E-state index contributed by atoms with van der Waals surface area (Å²) in [6.45, 7) is 8.84. The second-order valence-electron chi connectivity index (χ2n) is 14.3. The third-order valence-corrected chi connectivity index (χ3v) is 10.1. The van der Waals surface area contributed by atoms with Crippen molar-refractivity contribution in [3.8, 4) is 5.75 Å². The number of carbonyl (C=O) groups is 3. The van der Waals surface area contributed by atoms with E-state index in [1.165, 1.54) is 18.9 Å². The summed E-state index contributed by atoms with van der Waals surface area (Å²) in [6.07, 6.45) is -2.54. The zero-order valence-corrected chi connectivity index (χ0v) is 28.8. The number of halogens is 3. The molecule has 48 heavy (non-hydrogen) atoms. The average Bonchev–Trinajstić information content (AvgIpc) is 3.63. The number of alkyl halides is 3. The number of methoxy groups -OCH3 is 1. The Hall–Kier alpha value is -3.64. The zero-order chi connectivity index (χ0) is 35.4. The van der Waals surface area contributed by atoms with Crippen LogP contribution < -0.4 is 15.6 Å². The van der Waals surface area contributed by atoms with E-state index >= 15 is 0 Å². The molecule has 1 saturated heterocycles. The molecule has 5 atom stereocenters. The number of fused-ring (bicyclic) bond motifs is 1. The number of carbonyl (C=O) groups excluding carboxylic acids is 3. The van der Waals surface area contributed by atoms with Gasteiger partial charge in [0.15, 0.2) is 5.78 Å². The minimum atomic E-state index is -4.82. The van der Waals surface area contributed by atoms with E-state index in [0.717, 1.165) is 0 Å². The smallest absolute Gasteiger partial charge is 0.428 e. The Morgan fingerprint density at radius 2 is 1.88 bits per heavy atom. The standard InChI is InChI=1S/C35H49F3N4O6/c1-7-22-17-19-42(28(22)21(2)43)31(45)29(33(3,4)5)41-32(46)48-34(35(36,37)38)18-11-13-23(34)12-9-8-10-14-26-30(44)40-27-20-24(47-6)15-16-25(27)39-26/h15-16,20,22-23,28-29H,7-14,17-19H2,1-6H3,(H,40,44)(H,41,46). The normalized spacial score (nSPS) is 23.7. The van der Waals surface area contributed by atoms with Crippen LogP contribution in [-0.4, -0.2) is 70.2 Å². The van der Waals surface area contributed by atoms with Gasteiger partial charge in [-0.15, -0.1) is 0 Å². The van der Waals surface area contributed by atoms with Crippen molar-refractivity contribution in [2.24, 2.45) is 17.3 Å². The SMILES string of the molecule is CCC1CCN(C(=O)C(NC(=O)OC2(C(F)(F)F)CCCC2CCCCCc2nc3ccc(OC)cc3[nH]c2=O)C(C)(C)C)C1C(C)=O. The van der Waals surface area contributed by atoms with Gasteiger partial charge < -0.3 is 24.7 Å². The Morgan fingerprint density at radius 3 is 2.50 bits per heavy atom. The molecule has 1 aromatic heterocycles. The van der Waals surface area contributed by atoms with E-state index in [1.54, 1.807) is 39.0 Å².